The SMILES string of the molecule is CC(C)(C)OC(=O)N1CCC(COc2cc(I)ccc2Cl)C1. The highest BCUT2D eigenvalue weighted by Gasteiger charge is 2.30. The summed E-state index contributed by atoms with van der Waals surface area (Å²) in [6.45, 7) is 7.56. The lowest BCUT2D eigenvalue weighted by molar-refractivity contribution is 0.0285. The number of hydrogen-bond donors (Lipinski definition) is 0. The lowest BCUT2D eigenvalue weighted by Gasteiger charge is -2.24. The van der Waals surface area contributed by atoms with E-state index in [-0.39, 0.29) is 6.09 Å². The highest BCUT2D eigenvalue weighted by Crippen LogP contribution is 2.28. The third-order valence-corrected chi connectivity index (χ3v) is 4.29. The molecule has 1 aromatic carbocycles. The van der Waals surface area contributed by atoms with E-state index in [1.165, 1.54) is 0 Å². The Morgan fingerprint density at radius 2 is 2.18 bits per heavy atom. The molecule has 0 aromatic heterocycles. The number of rotatable bonds is 3. The van der Waals surface area contributed by atoms with E-state index in [1.807, 2.05) is 39.0 Å². The molecular formula is C16H21ClINO3. The van der Waals surface area contributed by atoms with Gasteiger partial charge in [-0.05, 0) is 68.0 Å². The zero-order valence-electron chi connectivity index (χ0n) is 13.1. The number of benzene rings is 1. The number of nitrogens with zero attached hydrogens (tertiary/aromatic N) is 1. The second-order valence-corrected chi connectivity index (χ2v) is 8.12. The van der Waals surface area contributed by atoms with Crippen LogP contribution in [0.1, 0.15) is 27.2 Å². The maximum atomic E-state index is 12.0. The summed E-state index contributed by atoms with van der Waals surface area (Å²) in [5, 5.41) is 0.613. The summed E-state index contributed by atoms with van der Waals surface area (Å²) < 4.78 is 12.3. The van der Waals surface area contributed by atoms with E-state index in [4.69, 9.17) is 21.1 Å². The Morgan fingerprint density at radius 3 is 2.86 bits per heavy atom. The first-order valence-corrected chi connectivity index (χ1v) is 8.76. The summed E-state index contributed by atoms with van der Waals surface area (Å²) in [6, 6.07) is 5.69. The van der Waals surface area contributed by atoms with Crippen LogP contribution < -0.4 is 4.74 Å². The molecule has 1 saturated heterocycles. The van der Waals surface area contributed by atoms with Crippen molar-refractivity contribution in [3.63, 3.8) is 0 Å². The Hall–Kier alpha value is -0.690. The fraction of sp³-hybridized carbons (Fsp3) is 0.562. The second-order valence-electron chi connectivity index (χ2n) is 6.47. The molecule has 1 fully saturated rings. The number of ether oxygens (including phenoxy) is 2. The fourth-order valence-electron chi connectivity index (χ4n) is 2.26. The third-order valence-electron chi connectivity index (χ3n) is 3.31. The molecule has 1 aliphatic heterocycles. The van der Waals surface area contributed by atoms with Crippen molar-refractivity contribution in [2.75, 3.05) is 19.7 Å². The summed E-state index contributed by atoms with van der Waals surface area (Å²) in [6.07, 6.45) is 0.670. The first kappa shape index (κ1) is 17.7. The predicted molar refractivity (Wildman–Crippen MR) is 95.6 cm³/mol. The zero-order valence-corrected chi connectivity index (χ0v) is 16.0. The quantitative estimate of drug-likeness (QED) is 0.650. The summed E-state index contributed by atoms with van der Waals surface area (Å²) in [7, 11) is 0. The van der Waals surface area contributed by atoms with E-state index >= 15 is 0 Å². The van der Waals surface area contributed by atoms with Crippen molar-refractivity contribution < 1.29 is 14.3 Å². The molecule has 1 atom stereocenters. The molecule has 4 nitrogen and oxygen atoms in total. The predicted octanol–water partition coefficient (Wildman–Crippen LogP) is 4.58. The Kier molecular flexibility index (Phi) is 5.82. The van der Waals surface area contributed by atoms with Gasteiger partial charge in [0.2, 0.25) is 0 Å². The van der Waals surface area contributed by atoms with E-state index < -0.39 is 5.60 Å². The molecule has 0 saturated carbocycles. The highest BCUT2D eigenvalue weighted by atomic mass is 127. The highest BCUT2D eigenvalue weighted by molar-refractivity contribution is 14.1. The molecule has 122 valence electrons. The van der Waals surface area contributed by atoms with Gasteiger partial charge in [0.1, 0.15) is 11.4 Å². The van der Waals surface area contributed by atoms with Gasteiger partial charge in [0.15, 0.2) is 0 Å². The van der Waals surface area contributed by atoms with Crippen LogP contribution in [0.3, 0.4) is 0 Å². The maximum absolute atomic E-state index is 12.0. The summed E-state index contributed by atoms with van der Waals surface area (Å²) >= 11 is 8.35. The van der Waals surface area contributed by atoms with Crippen molar-refractivity contribution in [3.8, 4) is 5.75 Å². The van der Waals surface area contributed by atoms with E-state index in [9.17, 15) is 4.79 Å². The Morgan fingerprint density at radius 1 is 1.45 bits per heavy atom. The normalized spacial score (nSPS) is 18.4. The average Bonchev–Trinajstić information content (AvgIpc) is 2.87. The molecule has 1 heterocycles. The topological polar surface area (TPSA) is 38.8 Å². The minimum absolute atomic E-state index is 0.248. The minimum atomic E-state index is -0.458. The number of likely N-dealkylation sites (tertiary alicyclic amines) is 1. The fourth-order valence-corrected chi connectivity index (χ4v) is 2.89. The van der Waals surface area contributed by atoms with Crippen molar-refractivity contribution in [2.24, 2.45) is 5.92 Å². The molecule has 0 radical (unpaired) electrons. The van der Waals surface area contributed by atoms with Crippen molar-refractivity contribution in [2.45, 2.75) is 32.8 Å². The van der Waals surface area contributed by atoms with Crippen LogP contribution in [0.5, 0.6) is 5.75 Å². The van der Waals surface area contributed by atoms with Crippen LogP contribution in [-0.4, -0.2) is 36.3 Å². The minimum Gasteiger partial charge on any atom is -0.492 e. The lowest BCUT2D eigenvalue weighted by atomic mass is 10.1. The molecule has 6 heteroatoms. The lowest BCUT2D eigenvalue weighted by Crippen LogP contribution is -2.35. The van der Waals surface area contributed by atoms with Crippen LogP contribution in [0.4, 0.5) is 4.79 Å². The number of carbonyl (C=O) groups is 1. The van der Waals surface area contributed by atoms with Gasteiger partial charge in [0.05, 0.1) is 11.6 Å². The molecule has 1 amide bonds. The standard InChI is InChI=1S/C16H21ClINO3/c1-16(2,3)22-15(20)19-7-6-11(9-19)10-21-14-8-12(18)4-5-13(14)17/h4-5,8,11H,6-7,9-10H2,1-3H3. The zero-order chi connectivity index (χ0) is 16.3. The first-order chi connectivity index (χ1) is 10.2. The van der Waals surface area contributed by atoms with Crippen molar-refractivity contribution >= 4 is 40.3 Å². The van der Waals surface area contributed by atoms with Crippen LogP contribution in [0.15, 0.2) is 18.2 Å². The van der Waals surface area contributed by atoms with E-state index in [0.29, 0.717) is 36.4 Å². The number of halogens is 2. The molecule has 1 aliphatic rings. The van der Waals surface area contributed by atoms with Crippen LogP contribution in [0, 0.1) is 9.49 Å². The Balaban J connectivity index is 1.84. The third kappa shape index (κ3) is 5.19. The Bertz CT molecular complexity index is 545. The van der Waals surface area contributed by atoms with Gasteiger partial charge in [0, 0.05) is 22.6 Å². The molecule has 0 bridgehead atoms. The molecule has 22 heavy (non-hydrogen) atoms. The van der Waals surface area contributed by atoms with Gasteiger partial charge in [-0.1, -0.05) is 11.6 Å². The molecule has 0 aliphatic carbocycles. The summed E-state index contributed by atoms with van der Waals surface area (Å²) in [5.74, 6) is 1.01. The summed E-state index contributed by atoms with van der Waals surface area (Å²) in [5.41, 5.74) is -0.458. The maximum Gasteiger partial charge on any atom is 0.410 e. The van der Waals surface area contributed by atoms with Gasteiger partial charge < -0.3 is 14.4 Å². The molecule has 1 aromatic rings. The van der Waals surface area contributed by atoms with Gasteiger partial charge in [0.25, 0.3) is 0 Å². The monoisotopic (exact) mass is 437 g/mol. The largest absolute Gasteiger partial charge is 0.492 e. The number of carbonyl (C=O) groups excluding carboxylic acids is 1. The van der Waals surface area contributed by atoms with Gasteiger partial charge in [-0.2, -0.15) is 0 Å². The molecule has 0 spiro atoms. The van der Waals surface area contributed by atoms with Crippen LogP contribution in [0.2, 0.25) is 5.02 Å². The Labute approximate surface area is 150 Å². The van der Waals surface area contributed by atoms with Gasteiger partial charge >= 0.3 is 6.09 Å². The van der Waals surface area contributed by atoms with Crippen LogP contribution in [0.25, 0.3) is 0 Å². The van der Waals surface area contributed by atoms with E-state index in [0.717, 1.165) is 9.99 Å². The summed E-state index contributed by atoms with van der Waals surface area (Å²) in [4.78, 5) is 13.8. The average molecular weight is 438 g/mol. The van der Waals surface area contributed by atoms with E-state index in [1.54, 1.807) is 4.90 Å². The molecular weight excluding hydrogens is 417 g/mol. The first-order valence-electron chi connectivity index (χ1n) is 7.30. The van der Waals surface area contributed by atoms with Gasteiger partial charge in [-0.15, -0.1) is 0 Å². The van der Waals surface area contributed by atoms with Crippen molar-refractivity contribution in [1.29, 1.82) is 0 Å². The van der Waals surface area contributed by atoms with Crippen LogP contribution >= 0.6 is 34.2 Å². The van der Waals surface area contributed by atoms with Crippen LogP contribution in [-0.2, 0) is 4.74 Å². The molecule has 1 unspecified atom stereocenters. The number of hydrogen-bond acceptors (Lipinski definition) is 3. The van der Waals surface area contributed by atoms with Crippen molar-refractivity contribution in [1.82, 2.24) is 4.90 Å². The smallest absolute Gasteiger partial charge is 0.410 e. The number of amides is 1. The second kappa shape index (κ2) is 7.25. The van der Waals surface area contributed by atoms with Gasteiger partial charge in [-0.3, -0.25) is 0 Å². The van der Waals surface area contributed by atoms with Crippen molar-refractivity contribution in [3.05, 3.63) is 26.8 Å². The van der Waals surface area contributed by atoms with E-state index in [2.05, 4.69) is 22.6 Å². The molecule has 2 rings (SSSR count). The molecule has 0 N–H and O–H groups in total. The van der Waals surface area contributed by atoms with Gasteiger partial charge in [-0.25, -0.2) is 4.79 Å².